The van der Waals surface area contributed by atoms with Crippen molar-refractivity contribution in [3.05, 3.63) is 105 Å². The summed E-state index contributed by atoms with van der Waals surface area (Å²) in [5.41, 5.74) is 5.66. The maximum absolute atomic E-state index is 14.1. The number of aromatic nitrogens is 1. The van der Waals surface area contributed by atoms with Gasteiger partial charge in [-0.2, -0.15) is 5.26 Å². The molecule has 1 aliphatic heterocycles. The maximum atomic E-state index is 14.1. The molecule has 0 radical (unpaired) electrons. The number of hydrogen-bond acceptors (Lipinski definition) is 9. The van der Waals surface area contributed by atoms with E-state index in [9.17, 15) is 29.5 Å². The van der Waals surface area contributed by atoms with Gasteiger partial charge in [-0.05, 0) is 79.5 Å². The second-order valence-electron chi connectivity index (χ2n) is 21.4. The number of ether oxygens (including phenoxy) is 1. The summed E-state index contributed by atoms with van der Waals surface area (Å²) < 4.78 is 6.37. The van der Waals surface area contributed by atoms with Crippen molar-refractivity contribution in [1.82, 2.24) is 25.8 Å². The lowest BCUT2D eigenvalue weighted by Crippen LogP contribution is -2.74. The number of carbonyl (C=O) groups is 4. The van der Waals surface area contributed by atoms with E-state index in [0.29, 0.717) is 34.7 Å². The maximum Gasteiger partial charge on any atom is 0.251 e. The first-order valence-corrected chi connectivity index (χ1v) is 25.7. The number of thiazole rings is 1. The molecule has 69 heavy (non-hydrogen) atoms. The number of hydrogen-bond donors (Lipinski definition) is 4. The van der Waals surface area contributed by atoms with Crippen LogP contribution < -0.4 is 20.7 Å². The number of aliphatic hydroxyl groups is 1. The van der Waals surface area contributed by atoms with Gasteiger partial charge in [0.15, 0.2) is 0 Å². The van der Waals surface area contributed by atoms with Gasteiger partial charge in [-0.25, -0.2) is 4.98 Å². The van der Waals surface area contributed by atoms with Crippen LogP contribution in [0.2, 0.25) is 5.02 Å². The first-order chi connectivity index (χ1) is 32.6. The second kappa shape index (κ2) is 22.6. The molecular formula is C55H71ClN6O6S. The zero-order valence-electron chi connectivity index (χ0n) is 41.8. The number of β-amino-alcohol motifs (C(OH)–C–C–N with tert-alkyl or cyclic N) is 1. The van der Waals surface area contributed by atoms with Gasteiger partial charge in [0.25, 0.3) is 5.91 Å². The van der Waals surface area contributed by atoms with Crippen LogP contribution in [0.4, 0.5) is 0 Å². The van der Waals surface area contributed by atoms with Crippen molar-refractivity contribution < 1.29 is 29.0 Å². The largest absolute Gasteiger partial charge is 0.489 e. The van der Waals surface area contributed by atoms with Crippen LogP contribution in [0, 0.1) is 34.5 Å². The highest BCUT2D eigenvalue weighted by Crippen LogP contribution is 2.55. The summed E-state index contributed by atoms with van der Waals surface area (Å²) in [5.74, 6) is -0.411. The van der Waals surface area contributed by atoms with E-state index in [1.807, 2.05) is 88.7 Å². The topological polar surface area (TPSA) is 174 Å². The van der Waals surface area contributed by atoms with E-state index < -0.39 is 23.6 Å². The lowest BCUT2D eigenvalue weighted by molar-refractivity contribution is -0.164. The summed E-state index contributed by atoms with van der Waals surface area (Å²) in [7, 11) is 0. The van der Waals surface area contributed by atoms with E-state index >= 15 is 0 Å². The van der Waals surface area contributed by atoms with Gasteiger partial charge in [-0.15, -0.1) is 11.3 Å². The van der Waals surface area contributed by atoms with Gasteiger partial charge in [0.2, 0.25) is 17.7 Å². The number of halogens is 1. The molecule has 370 valence electrons. The molecule has 4 atom stereocenters. The van der Waals surface area contributed by atoms with Crippen LogP contribution in [0.1, 0.15) is 152 Å². The molecule has 14 heteroatoms. The van der Waals surface area contributed by atoms with Gasteiger partial charge in [0.1, 0.15) is 30.0 Å². The van der Waals surface area contributed by atoms with Crippen molar-refractivity contribution in [3.8, 4) is 22.3 Å². The molecule has 1 aliphatic carbocycles. The zero-order chi connectivity index (χ0) is 50.3. The number of unbranched alkanes of at least 4 members (excludes halogenated alkanes) is 6. The summed E-state index contributed by atoms with van der Waals surface area (Å²) in [6.07, 6.45) is 7.28. The molecule has 3 aromatic carbocycles. The van der Waals surface area contributed by atoms with Crippen molar-refractivity contribution in [2.75, 3.05) is 6.54 Å². The molecule has 4 N–H and O–H groups in total. The van der Waals surface area contributed by atoms with Crippen LogP contribution in [0.25, 0.3) is 10.4 Å². The average molecular weight is 980 g/mol. The number of nitrogens with zero attached hydrogens (tertiary/aromatic N) is 3. The van der Waals surface area contributed by atoms with Crippen LogP contribution in [-0.4, -0.2) is 75.5 Å². The van der Waals surface area contributed by atoms with Gasteiger partial charge in [-0.1, -0.05) is 129 Å². The van der Waals surface area contributed by atoms with E-state index in [0.717, 1.165) is 66.6 Å². The summed E-state index contributed by atoms with van der Waals surface area (Å²) in [6.45, 7) is 18.0. The number of amides is 4. The van der Waals surface area contributed by atoms with E-state index in [2.05, 4.69) is 54.7 Å². The number of aryl methyl sites for hydroxylation is 2. The highest BCUT2D eigenvalue weighted by molar-refractivity contribution is 7.13. The third-order valence-corrected chi connectivity index (χ3v) is 15.4. The van der Waals surface area contributed by atoms with Gasteiger partial charge >= 0.3 is 0 Å². The van der Waals surface area contributed by atoms with Crippen LogP contribution in [0.5, 0.6) is 5.75 Å². The minimum absolute atomic E-state index is 0.0266. The normalized spacial score (nSPS) is 20.2. The lowest BCUT2D eigenvalue weighted by atomic mass is 9.49. The van der Waals surface area contributed by atoms with Crippen molar-refractivity contribution in [3.63, 3.8) is 0 Å². The summed E-state index contributed by atoms with van der Waals surface area (Å²) in [6, 6.07) is 20.8. The number of carbonyl (C=O) groups excluding carboxylic acids is 4. The smallest absolute Gasteiger partial charge is 0.251 e. The minimum atomic E-state index is -0.858. The first kappa shape index (κ1) is 53.1. The molecule has 6 rings (SSSR count). The predicted molar refractivity (Wildman–Crippen MR) is 273 cm³/mol. The minimum Gasteiger partial charge on any atom is -0.489 e. The molecular weight excluding hydrogens is 908 g/mol. The fourth-order valence-corrected chi connectivity index (χ4v) is 11.4. The van der Waals surface area contributed by atoms with Crippen molar-refractivity contribution in [2.45, 2.75) is 163 Å². The Balaban J connectivity index is 0.870. The molecule has 0 bridgehead atoms. The van der Waals surface area contributed by atoms with Crippen LogP contribution >= 0.6 is 22.9 Å². The fraction of sp³-hybridized carbons (Fsp3) is 0.527. The lowest BCUT2D eigenvalue weighted by Gasteiger charge is -2.63. The molecule has 4 aromatic rings. The Kier molecular flexibility index (Phi) is 17.4. The third-order valence-electron chi connectivity index (χ3n) is 14.1. The predicted octanol–water partition coefficient (Wildman–Crippen LogP) is 10.3. The molecule has 1 saturated heterocycles. The average Bonchev–Trinajstić information content (AvgIpc) is 3.93. The Bertz CT molecular complexity index is 2460. The molecule has 2 fully saturated rings. The number of nitriles is 1. The number of rotatable bonds is 20. The monoisotopic (exact) mass is 978 g/mol. The third kappa shape index (κ3) is 12.9. The molecule has 0 spiro atoms. The Morgan fingerprint density at radius 3 is 2.16 bits per heavy atom. The Labute approximate surface area is 418 Å². The number of benzene rings is 3. The molecule has 2 aliphatic rings. The molecule has 1 saturated carbocycles. The second-order valence-corrected chi connectivity index (χ2v) is 22.6. The summed E-state index contributed by atoms with van der Waals surface area (Å²) in [4.78, 5) is 61.3. The summed E-state index contributed by atoms with van der Waals surface area (Å²) >= 11 is 7.83. The Morgan fingerprint density at radius 1 is 0.928 bits per heavy atom. The number of aliphatic hydroxyl groups excluding tert-OH is 1. The molecule has 12 nitrogen and oxygen atoms in total. The van der Waals surface area contributed by atoms with Crippen LogP contribution in [0.15, 0.2) is 72.2 Å². The molecule has 1 aromatic heterocycles. The fourth-order valence-electron chi connectivity index (χ4n) is 10.4. The van der Waals surface area contributed by atoms with E-state index in [1.54, 1.807) is 29.5 Å². The van der Waals surface area contributed by atoms with Crippen LogP contribution in [-0.2, 0) is 20.8 Å². The van der Waals surface area contributed by atoms with Gasteiger partial charge < -0.3 is 30.7 Å². The van der Waals surface area contributed by atoms with Gasteiger partial charge in [-0.3, -0.25) is 19.2 Å². The molecule has 1 unspecified atom stereocenters. The number of likely N-dealkylation sites (tertiary alicyclic amines) is 1. The Morgan fingerprint density at radius 2 is 1.57 bits per heavy atom. The number of nitrogens with one attached hydrogen (secondary N) is 3. The standard InChI is InChI=1S/C55H71ClN6O6S/c1-34(37-23-25-38(26-24-37)46-35(2)58-33-69-46)59-49(66)44-29-41(63)32-62(44)50(67)47(53(3,4)5)60-45(64)18-16-14-12-10-11-13-15-17-36-19-21-39(22-20-36)48(65)61-51-54(6,7)52(55(51,8)9)68-42-28-27-40(31-57)43(56)30-42/h19-28,30,33-34,41,44,47,51-52,63H,10-18,29,32H2,1-9H3,(H,59,66)(H,60,64)(H,61,65)/t34?,41-,44+,47-,51?,52?/m1/s1. The SMILES string of the molecule is Cc1ncsc1-c1ccc(C(C)NC(=O)[C@@H]2C[C@@H](O)CN2C(=O)[C@@H](NC(=O)CCCCCCCCCc2ccc(C(=O)NC3C(C)(C)C(Oc4ccc(C#N)c(Cl)c4)C3(C)C)cc2)C(C)(C)C)cc1. The van der Waals surface area contributed by atoms with E-state index in [-0.39, 0.29) is 65.6 Å². The molecule has 4 amide bonds. The summed E-state index contributed by atoms with van der Waals surface area (Å²) in [5, 5.41) is 29.5. The highest BCUT2D eigenvalue weighted by Gasteiger charge is 2.64. The van der Waals surface area contributed by atoms with Gasteiger partial charge in [0, 0.05) is 47.9 Å². The van der Waals surface area contributed by atoms with Crippen molar-refractivity contribution >= 4 is 46.6 Å². The van der Waals surface area contributed by atoms with Crippen molar-refractivity contribution in [1.29, 1.82) is 5.26 Å². The van der Waals surface area contributed by atoms with Crippen molar-refractivity contribution in [2.24, 2.45) is 16.2 Å². The molecule has 2 heterocycles. The van der Waals surface area contributed by atoms with E-state index in [1.165, 1.54) is 10.5 Å². The van der Waals surface area contributed by atoms with Gasteiger partial charge in [0.05, 0.1) is 38.8 Å². The highest BCUT2D eigenvalue weighted by atomic mass is 35.5. The quantitative estimate of drug-likeness (QED) is 0.0633. The first-order valence-electron chi connectivity index (χ1n) is 24.5. The van der Waals surface area contributed by atoms with Crippen LogP contribution in [0.3, 0.4) is 0 Å². The Hall–Kier alpha value is -5.29. The van der Waals surface area contributed by atoms with E-state index in [4.69, 9.17) is 16.3 Å². The zero-order valence-corrected chi connectivity index (χ0v) is 43.4.